The van der Waals surface area contributed by atoms with Crippen LogP contribution in [0.5, 0.6) is 0 Å². The summed E-state index contributed by atoms with van der Waals surface area (Å²) < 4.78 is 76.9. The molecular weight excluding hydrogens is 339 g/mol. The molecular formula is C8H7BrClF6N. The molecule has 0 radical (unpaired) electrons. The molecule has 2 bridgehead atoms. The Morgan fingerprint density at radius 3 is 1.82 bits per heavy atom. The Morgan fingerprint density at radius 2 is 1.59 bits per heavy atom. The number of piperidine rings is 1. The van der Waals surface area contributed by atoms with Gasteiger partial charge in [-0.25, -0.2) is 0 Å². The van der Waals surface area contributed by atoms with Crippen molar-refractivity contribution in [3.05, 3.63) is 0 Å². The van der Waals surface area contributed by atoms with E-state index >= 15 is 0 Å². The van der Waals surface area contributed by atoms with Crippen molar-refractivity contribution < 1.29 is 26.3 Å². The lowest BCUT2D eigenvalue weighted by Crippen LogP contribution is -2.70. The van der Waals surface area contributed by atoms with Crippen LogP contribution in [-0.4, -0.2) is 34.1 Å². The third-order valence-electron chi connectivity index (χ3n) is 3.44. The van der Waals surface area contributed by atoms with E-state index in [0.29, 0.717) is 0 Å². The number of halogens is 8. The van der Waals surface area contributed by atoms with Gasteiger partial charge in [0.15, 0.2) is 0 Å². The van der Waals surface area contributed by atoms with Crippen LogP contribution in [0.25, 0.3) is 0 Å². The first-order valence-electron chi connectivity index (χ1n) is 4.71. The molecule has 2 fully saturated rings. The van der Waals surface area contributed by atoms with Crippen LogP contribution in [0.3, 0.4) is 0 Å². The van der Waals surface area contributed by atoms with E-state index in [9.17, 15) is 26.3 Å². The standard InChI is InChI=1S/C8H7BrClF6N/c9-3-1-2-4(10)5(3)17-6(2,7(11,12)13)8(14,15)16/h2-5,17H,1H2. The molecule has 100 valence electrons. The number of fused-ring (bicyclic) bond motifs is 2. The zero-order chi connectivity index (χ0) is 13.2. The maximum atomic E-state index is 12.8. The lowest BCUT2D eigenvalue weighted by molar-refractivity contribution is -0.318. The fraction of sp³-hybridized carbons (Fsp3) is 1.00. The van der Waals surface area contributed by atoms with E-state index in [2.05, 4.69) is 15.9 Å². The highest BCUT2D eigenvalue weighted by molar-refractivity contribution is 9.09. The van der Waals surface area contributed by atoms with Crippen LogP contribution in [0, 0.1) is 5.92 Å². The summed E-state index contributed by atoms with van der Waals surface area (Å²) in [5.41, 5.74) is -3.87. The molecule has 17 heavy (non-hydrogen) atoms. The summed E-state index contributed by atoms with van der Waals surface area (Å²) >= 11 is 8.71. The van der Waals surface area contributed by atoms with E-state index in [1.807, 2.05) is 0 Å². The Kier molecular flexibility index (Phi) is 2.96. The molecule has 4 atom stereocenters. The number of nitrogens with one attached hydrogen (secondary N) is 1. The molecule has 1 saturated carbocycles. The van der Waals surface area contributed by atoms with Gasteiger partial charge in [-0.1, -0.05) is 15.9 Å². The minimum atomic E-state index is -5.41. The van der Waals surface area contributed by atoms with Crippen molar-refractivity contribution in [2.24, 2.45) is 5.92 Å². The van der Waals surface area contributed by atoms with E-state index in [-0.39, 0.29) is 6.42 Å². The lowest BCUT2D eigenvalue weighted by atomic mass is 9.82. The summed E-state index contributed by atoms with van der Waals surface area (Å²) in [5, 5.41) is 0.476. The molecule has 1 saturated heterocycles. The first-order valence-corrected chi connectivity index (χ1v) is 6.07. The molecule has 2 aliphatic rings. The fourth-order valence-electron chi connectivity index (χ4n) is 2.67. The van der Waals surface area contributed by atoms with Crippen LogP contribution >= 0.6 is 27.5 Å². The third-order valence-corrected chi connectivity index (χ3v) is 4.96. The van der Waals surface area contributed by atoms with Gasteiger partial charge >= 0.3 is 12.4 Å². The molecule has 0 aromatic rings. The smallest absolute Gasteiger partial charge is 0.290 e. The number of rotatable bonds is 0. The van der Waals surface area contributed by atoms with Crippen molar-refractivity contribution >= 4 is 27.5 Å². The zero-order valence-electron chi connectivity index (χ0n) is 8.04. The SMILES string of the molecule is FC(F)(F)C1(C(F)(F)F)NC2C(Br)CC1C2Cl. The van der Waals surface area contributed by atoms with Crippen LogP contribution < -0.4 is 5.32 Å². The van der Waals surface area contributed by atoms with E-state index in [1.54, 1.807) is 5.32 Å². The van der Waals surface area contributed by atoms with Crippen molar-refractivity contribution in [1.82, 2.24) is 5.32 Å². The maximum absolute atomic E-state index is 12.8. The Hall–Kier alpha value is 0.310. The molecule has 2 rings (SSSR count). The largest absolute Gasteiger partial charge is 0.415 e. The monoisotopic (exact) mass is 345 g/mol. The van der Waals surface area contributed by atoms with Crippen LogP contribution in [0.1, 0.15) is 6.42 Å². The second-order valence-electron chi connectivity index (χ2n) is 4.28. The molecule has 1 aliphatic heterocycles. The Morgan fingerprint density at radius 1 is 1.12 bits per heavy atom. The summed E-state index contributed by atoms with van der Waals surface area (Å²) in [6.07, 6.45) is -11.1. The Balaban J connectivity index is 2.48. The van der Waals surface area contributed by atoms with Gasteiger partial charge in [0.2, 0.25) is 5.54 Å². The third kappa shape index (κ3) is 1.63. The maximum Gasteiger partial charge on any atom is 0.415 e. The lowest BCUT2D eigenvalue weighted by Gasteiger charge is -2.41. The molecule has 9 heteroatoms. The second-order valence-corrected chi connectivity index (χ2v) is 5.96. The molecule has 1 N–H and O–H groups in total. The van der Waals surface area contributed by atoms with Crippen molar-refractivity contribution in [2.75, 3.05) is 0 Å². The first kappa shape index (κ1) is 13.7. The topological polar surface area (TPSA) is 12.0 Å². The van der Waals surface area contributed by atoms with Gasteiger partial charge < -0.3 is 0 Å². The number of hydrogen-bond acceptors (Lipinski definition) is 1. The van der Waals surface area contributed by atoms with Gasteiger partial charge in [0, 0.05) is 16.8 Å². The number of alkyl halides is 8. The van der Waals surface area contributed by atoms with E-state index in [1.165, 1.54) is 0 Å². The minimum Gasteiger partial charge on any atom is -0.290 e. The van der Waals surface area contributed by atoms with Gasteiger partial charge in [-0.05, 0) is 6.42 Å². The Labute approximate surface area is 106 Å². The predicted molar refractivity (Wildman–Crippen MR) is 52.2 cm³/mol. The van der Waals surface area contributed by atoms with Gasteiger partial charge in [0.1, 0.15) is 0 Å². The summed E-state index contributed by atoms with van der Waals surface area (Å²) in [6, 6.07) is -1.02. The molecule has 0 aromatic heterocycles. The van der Waals surface area contributed by atoms with Crippen molar-refractivity contribution in [2.45, 2.75) is 40.6 Å². The average Bonchev–Trinajstić information content (AvgIpc) is 2.53. The zero-order valence-corrected chi connectivity index (χ0v) is 10.4. The van der Waals surface area contributed by atoms with Gasteiger partial charge in [0.05, 0.1) is 5.38 Å². The first-order chi connectivity index (χ1) is 7.52. The highest BCUT2D eigenvalue weighted by atomic mass is 79.9. The quantitative estimate of drug-likeness (QED) is 0.525. The highest BCUT2D eigenvalue weighted by Gasteiger charge is 2.81. The molecule has 1 nitrogen and oxygen atoms in total. The average molecular weight is 346 g/mol. The van der Waals surface area contributed by atoms with E-state index in [4.69, 9.17) is 11.6 Å². The van der Waals surface area contributed by atoms with Gasteiger partial charge in [0.25, 0.3) is 0 Å². The van der Waals surface area contributed by atoms with Gasteiger partial charge in [-0.3, -0.25) is 5.32 Å². The summed E-state index contributed by atoms with van der Waals surface area (Å²) in [4.78, 5) is -0.465. The van der Waals surface area contributed by atoms with Gasteiger partial charge in [-0.15, -0.1) is 11.6 Å². The molecule has 4 unspecified atom stereocenters. The van der Waals surface area contributed by atoms with Crippen molar-refractivity contribution in [3.63, 3.8) is 0 Å². The predicted octanol–water partition coefficient (Wildman–Crippen LogP) is 3.21. The minimum absolute atomic E-state index is 0.245. The van der Waals surface area contributed by atoms with Crippen molar-refractivity contribution in [1.29, 1.82) is 0 Å². The highest BCUT2D eigenvalue weighted by Crippen LogP contribution is 2.59. The fourth-order valence-corrected chi connectivity index (χ4v) is 4.24. The van der Waals surface area contributed by atoms with Gasteiger partial charge in [-0.2, -0.15) is 26.3 Å². The second kappa shape index (κ2) is 3.66. The molecule has 0 spiro atoms. The summed E-state index contributed by atoms with van der Waals surface area (Å²) in [5.74, 6) is -1.70. The van der Waals surface area contributed by atoms with Crippen molar-refractivity contribution in [3.8, 4) is 0 Å². The van der Waals surface area contributed by atoms with Crippen LogP contribution in [0.2, 0.25) is 0 Å². The van der Waals surface area contributed by atoms with E-state index in [0.717, 1.165) is 0 Å². The van der Waals surface area contributed by atoms with Crippen LogP contribution in [-0.2, 0) is 0 Å². The van der Waals surface area contributed by atoms with Crippen LogP contribution in [0.15, 0.2) is 0 Å². The van der Waals surface area contributed by atoms with E-state index < -0.39 is 40.1 Å². The Bertz CT molecular complexity index is 315. The summed E-state index contributed by atoms with van der Waals surface area (Å²) in [6.45, 7) is 0. The number of hydrogen-bond donors (Lipinski definition) is 1. The molecule has 0 aromatic carbocycles. The molecule has 0 amide bonds. The summed E-state index contributed by atoms with van der Waals surface area (Å²) in [7, 11) is 0. The molecule has 1 heterocycles. The molecule has 1 aliphatic carbocycles. The normalized spacial score (nSPS) is 40.9. The van der Waals surface area contributed by atoms with Crippen LogP contribution in [0.4, 0.5) is 26.3 Å².